The summed E-state index contributed by atoms with van der Waals surface area (Å²) in [6.07, 6.45) is 3.66. The molecule has 2 heterocycles. The second-order valence-corrected chi connectivity index (χ2v) is 5.29. The minimum atomic E-state index is 0. The summed E-state index contributed by atoms with van der Waals surface area (Å²) in [5.41, 5.74) is 0. The summed E-state index contributed by atoms with van der Waals surface area (Å²) in [7, 11) is 0. The van der Waals surface area contributed by atoms with Crippen molar-refractivity contribution in [1.29, 1.82) is 0 Å². The minimum Gasteiger partial charge on any atom is -0.357 e. The fourth-order valence-electron chi connectivity index (χ4n) is 2.08. The van der Waals surface area contributed by atoms with E-state index in [2.05, 4.69) is 34.7 Å². The van der Waals surface area contributed by atoms with Crippen LogP contribution in [0.1, 0.15) is 24.6 Å². The van der Waals surface area contributed by atoms with Gasteiger partial charge in [0.25, 0.3) is 0 Å². The first-order chi connectivity index (χ1) is 8.40. The van der Waals surface area contributed by atoms with E-state index in [4.69, 9.17) is 4.99 Å². The molecule has 3 nitrogen and oxygen atoms in total. The van der Waals surface area contributed by atoms with Crippen LogP contribution in [0.4, 0.5) is 0 Å². The second kappa shape index (κ2) is 8.74. The molecule has 1 aliphatic heterocycles. The highest BCUT2D eigenvalue weighted by Crippen LogP contribution is 2.10. The lowest BCUT2D eigenvalue weighted by molar-refractivity contribution is 0.494. The normalized spacial score (nSPS) is 15.6. The maximum atomic E-state index is 4.71. The van der Waals surface area contributed by atoms with Crippen molar-refractivity contribution < 1.29 is 0 Å². The standard InChI is InChI=1S/C13H21N3S.HI/c1-2-14-13(16-9-3-4-10-16)15-8-7-12-6-5-11-17-12;/h5-6,11H,2-4,7-10H2,1H3,(H,14,15);1H. The summed E-state index contributed by atoms with van der Waals surface area (Å²) in [5, 5.41) is 5.51. The number of guanidine groups is 1. The summed E-state index contributed by atoms with van der Waals surface area (Å²) >= 11 is 1.82. The van der Waals surface area contributed by atoms with Crippen LogP contribution in [0.3, 0.4) is 0 Å². The Morgan fingerprint density at radius 2 is 2.22 bits per heavy atom. The number of halogens is 1. The smallest absolute Gasteiger partial charge is 0.193 e. The van der Waals surface area contributed by atoms with E-state index >= 15 is 0 Å². The average molecular weight is 379 g/mol. The van der Waals surface area contributed by atoms with Crippen LogP contribution in [-0.2, 0) is 6.42 Å². The van der Waals surface area contributed by atoms with Gasteiger partial charge in [0.1, 0.15) is 0 Å². The minimum absolute atomic E-state index is 0. The number of aliphatic imine (C=N–C) groups is 1. The fourth-order valence-corrected chi connectivity index (χ4v) is 2.78. The monoisotopic (exact) mass is 379 g/mol. The second-order valence-electron chi connectivity index (χ2n) is 4.26. The lowest BCUT2D eigenvalue weighted by atomic mass is 10.3. The number of hydrogen-bond donors (Lipinski definition) is 1. The van der Waals surface area contributed by atoms with Gasteiger partial charge in [0.05, 0.1) is 0 Å². The molecule has 0 aromatic carbocycles. The van der Waals surface area contributed by atoms with Crippen molar-refractivity contribution in [2.45, 2.75) is 26.2 Å². The van der Waals surface area contributed by atoms with Crippen molar-refractivity contribution in [3.63, 3.8) is 0 Å². The molecule has 0 bridgehead atoms. The van der Waals surface area contributed by atoms with E-state index in [9.17, 15) is 0 Å². The molecule has 1 N–H and O–H groups in total. The SMILES string of the molecule is CCNC(=NCCc1cccs1)N1CCCC1.I. The Bertz CT molecular complexity index is 345. The van der Waals surface area contributed by atoms with Crippen LogP contribution in [0.25, 0.3) is 0 Å². The molecule has 102 valence electrons. The number of hydrogen-bond acceptors (Lipinski definition) is 2. The van der Waals surface area contributed by atoms with Gasteiger partial charge in [-0.25, -0.2) is 0 Å². The Morgan fingerprint density at radius 3 is 2.83 bits per heavy atom. The van der Waals surface area contributed by atoms with Crippen molar-refractivity contribution in [2.24, 2.45) is 4.99 Å². The van der Waals surface area contributed by atoms with Gasteiger partial charge in [-0.05, 0) is 31.2 Å². The van der Waals surface area contributed by atoms with Gasteiger partial charge in [0.2, 0.25) is 0 Å². The maximum absolute atomic E-state index is 4.71. The molecule has 0 amide bonds. The number of likely N-dealkylation sites (tertiary alicyclic amines) is 1. The molecule has 5 heteroatoms. The van der Waals surface area contributed by atoms with Gasteiger partial charge in [-0.15, -0.1) is 35.3 Å². The van der Waals surface area contributed by atoms with Crippen molar-refractivity contribution in [3.05, 3.63) is 22.4 Å². The van der Waals surface area contributed by atoms with E-state index in [0.29, 0.717) is 0 Å². The van der Waals surface area contributed by atoms with E-state index in [-0.39, 0.29) is 24.0 Å². The summed E-state index contributed by atoms with van der Waals surface area (Å²) < 4.78 is 0. The van der Waals surface area contributed by atoms with Crippen molar-refractivity contribution >= 4 is 41.3 Å². The Morgan fingerprint density at radius 1 is 1.44 bits per heavy atom. The summed E-state index contributed by atoms with van der Waals surface area (Å²) in [6, 6.07) is 4.29. The Kier molecular flexibility index (Phi) is 7.65. The quantitative estimate of drug-likeness (QED) is 0.495. The molecule has 0 atom stereocenters. The lowest BCUT2D eigenvalue weighted by Crippen LogP contribution is -2.39. The highest BCUT2D eigenvalue weighted by atomic mass is 127. The van der Waals surface area contributed by atoms with E-state index in [1.165, 1.54) is 17.7 Å². The van der Waals surface area contributed by atoms with Gasteiger partial charge >= 0.3 is 0 Å². The molecule has 1 fully saturated rings. The van der Waals surface area contributed by atoms with Crippen LogP contribution >= 0.6 is 35.3 Å². The average Bonchev–Trinajstić information content (AvgIpc) is 3.01. The zero-order valence-corrected chi connectivity index (χ0v) is 14.0. The fraction of sp³-hybridized carbons (Fsp3) is 0.615. The van der Waals surface area contributed by atoms with Gasteiger partial charge in [-0.1, -0.05) is 6.07 Å². The van der Waals surface area contributed by atoms with Crippen LogP contribution < -0.4 is 5.32 Å². The number of nitrogens with one attached hydrogen (secondary N) is 1. The third-order valence-corrected chi connectivity index (χ3v) is 3.88. The third kappa shape index (κ3) is 4.76. The first-order valence-electron chi connectivity index (χ1n) is 6.46. The molecule has 0 aliphatic carbocycles. The molecule has 0 spiro atoms. The largest absolute Gasteiger partial charge is 0.357 e. The summed E-state index contributed by atoms with van der Waals surface area (Å²) in [5.74, 6) is 1.10. The number of thiophene rings is 1. The van der Waals surface area contributed by atoms with Crippen molar-refractivity contribution in [3.8, 4) is 0 Å². The summed E-state index contributed by atoms with van der Waals surface area (Å²) in [4.78, 5) is 8.50. The van der Waals surface area contributed by atoms with Crippen LogP contribution in [0.2, 0.25) is 0 Å². The van der Waals surface area contributed by atoms with Crippen molar-refractivity contribution in [2.75, 3.05) is 26.2 Å². The molecule has 2 rings (SSSR count). The zero-order valence-electron chi connectivity index (χ0n) is 10.9. The topological polar surface area (TPSA) is 27.6 Å². The molecule has 0 unspecified atom stereocenters. The molecule has 1 aromatic rings. The van der Waals surface area contributed by atoms with E-state index in [1.807, 2.05) is 11.3 Å². The molecule has 0 saturated carbocycles. The lowest BCUT2D eigenvalue weighted by Gasteiger charge is -2.20. The maximum Gasteiger partial charge on any atom is 0.193 e. The van der Waals surface area contributed by atoms with E-state index < -0.39 is 0 Å². The van der Waals surface area contributed by atoms with Crippen LogP contribution in [0, 0.1) is 0 Å². The molecule has 1 aromatic heterocycles. The van der Waals surface area contributed by atoms with Gasteiger partial charge in [0.15, 0.2) is 5.96 Å². The van der Waals surface area contributed by atoms with Crippen LogP contribution in [0.5, 0.6) is 0 Å². The first kappa shape index (κ1) is 15.8. The van der Waals surface area contributed by atoms with Crippen LogP contribution in [0.15, 0.2) is 22.5 Å². The Balaban J connectivity index is 0.00000162. The highest BCUT2D eigenvalue weighted by Gasteiger charge is 2.14. The zero-order chi connectivity index (χ0) is 11.9. The Labute approximate surface area is 131 Å². The molecule has 18 heavy (non-hydrogen) atoms. The number of nitrogens with zero attached hydrogens (tertiary/aromatic N) is 2. The van der Waals surface area contributed by atoms with Gasteiger partial charge in [-0.2, -0.15) is 0 Å². The van der Waals surface area contributed by atoms with E-state index in [1.54, 1.807) is 0 Å². The molecular formula is C13H22IN3S. The van der Waals surface area contributed by atoms with E-state index in [0.717, 1.165) is 38.6 Å². The van der Waals surface area contributed by atoms with Crippen LogP contribution in [-0.4, -0.2) is 37.0 Å². The number of rotatable bonds is 4. The molecular weight excluding hydrogens is 357 g/mol. The molecule has 1 saturated heterocycles. The predicted molar refractivity (Wildman–Crippen MR) is 90.2 cm³/mol. The van der Waals surface area contributed by atoms with Gasteiger partial charge in [0, 0.05) is 37.5 Å². The molecule has 1 aliphatic rings. The third-order valence-electron chi connectivity index (χ3n) is 2.94. The van der Waals surface area contributed by atoms with Gasteiger partial charge < -0.3 is 10.2 Å². The highest BCUT2D eigenvalue weighted by molar-refractivity contribution is 14.0. The summed E-state index contributed by atoms with van der Waals surface area (Å²) in [6.45, 7) is 6.29. The molecule has 0 radical (unpaired) electrons. The predicted octanol–water partition coefficient (Wildman–Crippen LogP) is 2.97. The first-order valence-corrected chi connectivity index (χ1v) is 7.33. The van der Waals surface area contributed by atoms with Gasteiger partial charge in [-0.3, -0.25) is 4.99 Å². The van der Waals surface area contributed by atoms with Crippen molar-refractivity contribution in [1.82, 2.24) is 10.2 Å². The Hall–Kier alpha value is -0.300.